The Morgan fingerprint density at radius 2 is 2.11 bits per heavy atom. The molecule has 7 nitrogen and oxygen atoms in total. The van der Waals surface area contributed by atoms with E-state index >= 15 is 0 Å². The van der Waals surface area contributed by atoms with E-state index in [1.54, 1.807) is 11.0 Å². The van der Waals surface area contributed by atoms with Crippen molar-refractivity contribution in [2.75, 3.05) is 46.3 Å². The summed E-state index contributed by atoms with van der Waals surface area (Å²) in [4.78, 5) is 20.5. The molecule has 0 spiro atoms. The standard InChI is InChI=1S/C12H22N6O/c1-11(18-10-13-9-15-18)12(19)14-3-4-17-7-5-16(2)6-8-17/h9-11H,3-8H2,1-2H3,(H,14,19). The summed E-state index contributed by atoms with van der Waals surface area (Å²) in [7, 11) is 2.14. The summed E-state index contributed by atoms with van der Waals surface area (Å²) in [6, 6.07) is -0.310. The molecule has 1 saturated heterocycles. The normalized spacial score (nSPS) is 19.3. The number of hydrogen-bond acceptors (Lipinski definition) is 5. The average molecular weight is 266 g/mol. The number of nitrogens with zero attached hydrogens (tertiary/aromatic N) is 5. The van der Waals surface area contributed by atoms with Gasteiger partial charge in [0.2, 0.25) is 5.91 Å². The molecule has 106 valence electrons. The molecule has 1 N–H and O–H groups in total. The van der Waals surface area contributed by atoms with Gasteiger partial charge in [0.15, 0.2) is 0 Å². The molecule has 1 aromatic rings. The lowest BCUT2D eigenvalue weighted by Crippen LogP contribution is -2.47. The summed E-state index contributed by atoms with van der Waals surface area (Å²) in [5.41, 5.74) is 0. The molecule has 1 aromatic heterocycles. The minimum absolute atomic E-state index is 0.0142. The molecule has 0 saturated carbocycles. The summed E-state index contributed by atoms with van der Waals surface area (Å²) in [6.07, 6.45) is 3.00. The van der Waals surface area contributed by atoms with E-state index in [1.165, 1.54) is 6.33 Å². The smallest absolute Gasteiger partial charge is 0.244 e. The highest BCUT2D eigenvalue weighted by atomic mass is 16.2. The van der Waals surface area contributed by atoms with Crippen LogP contribution in [-0.4, -0.2) is 76.8 Å². The molecule has 0 aliphatic carbocycles. The van der Waals surface area contributed by atoms with Gasteiger partial charge in [0.1, 0.15) is 18.7 Å². The first-order valence-electron chi connectivity index (χ1n) is 6.69. The predicted octanol–water partition coefficient (Wildman–Crippen LogP) is -0.797. The first kappa shape index (κ1) is 14.0. The van der Waals surface area contributed by atoms with Gasteiger partial charge in [-0.25, -0.2) is 9.67 Å². The van der Waals surface area contributed by atoms with Crippen molar-refractivity contribution in [3.8, 4) is 0 Å². The van der Waals surface area contributed by atoms with Crippen molar-refractivity contribution in [2.45, 2.75) is 13.0 Å². The van der Waals surface area contributed by atoms with Crippen LogP contribution in [0.5, 0.6) is 0 Å². The van der Waals surface area contributed by atoms with Gasteiger partial charge < -0.3 is 10.2 Å². The lowest BCUT2D eigenvalue weighted by molar-refractivity contribution is -0.124. The highest BCUT2D eigenvalue weighted by Crippen LogP contribution is 2.02. The predicted molar refractivity (Wildman–Crippen MR) is 71.7 cm³/mol. The molecule has 2 heterocycles. The Bertz CT molecular complexity index is 385. The summed E-state index contributed by atoms with van der Waals surface area (Å²) in [6.45, 7) is 7.76. The molecule has 19 heavy (non-hydrogen) atoms. The molecule has 1 aliphatic rings. The molecule has 0 aromatic carbocycles. The molecular weight excluding hydrogens is 244 g/mol. The number of carbonyl (C=O) groups is 1. The van der Waals surface area contributed by atoms with Crippen LogP contribution in [0.3, 0.4) is 0 Å². The van der Waals surface area contributed by atoms with Crippen LogP contribution in [0.1, 0.15) is 13.0 Å². The lowest BCUT2D eigenvalue weighted by atomic mass is 10.3. The van der Waals surface area contributed by atoms with Gasteiger partial charge in [0, 0.05) is 39.3 Å². The van der Waals surface area contributed by atoms with Gasteiger partial charge in [0.05, 0.1) is 0 Å². The van der Waals surface area contributed by atoms with Gasteiger partial charge in [-0.15, -0.1) is 0 Å². The van der Waals surface area contributed by atoms with Gasteiger partial charge in [-0.2, -0.15) is 5.10 Å². The van der Waals surface area contributed by atoms with E-state index in [9.17, 15) is 4.79 Å². The maximum absolute atomic E-state index is 11.9. The molecule has 1 atom stereocenters. The first-order chi connectivity index (χ1) is 9.16. The highest BCUT2D eigenvalue weighted by Gasteiger charge is 2.16. The van der Waals surface area contributed by atoms with Crippen LogP contribution < -0.4 is 5.32 Å². The molecule has 0 bridgehead atoms. The Morgan fingerprint density at radius 1 is 1.37 bits per heavy atom. The fraction of sp³-hybridized carbons (Fsp3) is 0.750. The van der Waals surface area contributed by atoms with Crippen molar-refractivity contribution in [1.82, 2.24) is 29.9 Å². The van der Waals surface area contributed by atoms with Crippen LogP contribution in [0.15, 0.2) is 12.7 Å². The lowest BCUT2D eigenvalue weighted by Gasteiger charge is -2.32. The van der Waals surface area contributed by atoms with Crippen LogP contribution in [0.25, 0.3) is 0 Å². The third-order valence-corrected chi connectivity index (χ3v) is 3.54. The summed E-state index contributed by atoms with van der Waals surface area (Å²) < 4.78 is 1.56. The average Bonchev–Trinajstić information content (AvgIpc) is 2.94. The number of likely N-dealkylation sites (N-methyl/N-ethyl adjacent to an activating group) is 1. The van der Waals surface area contributed by atoms with Crippen molar-refractivity contribution >= 4 is 5.91 Å². The minimum Gasteiger partial charge on any atom is -0.353 e. The van der Waals surface area contributed by atoms with E-state index in [1.807, 2.05) is 6.92 Å². The molecule has 7 heteroatoms. The molecule has 2 rings (SSSR count). The summed E-state index contributed by atoms with van der Waals surface area (Å²) in [5.74, 6) is -0.0142. The largest absolute Gasteiger partial charge is 0.353 e. The fourth-order valence-electron chi connectivity index (χ4n) is 2.09. The zero-order valence-electron chi connectivity index (χ0n) is 11.6. The number of piperazine rings is 1. The molecular formula is C12H22N6O. The Kier molecular flexibility index (Phi) is 4.86. The van der Waals surface area contributed by atoms with Crippen LogP contribution in [-0.2, 0) is 4.79 Å². The van der Waals surface area contributed by atoms with Gasteiger partial charge in [-0.05, 0) is 14.0 Å². The maximum Gasteiger partial charge on any atom is 0.244 e. The van der Waals surface area contributed by atoms with Crippen molar-refractivity contribution < 1.29 is 4.79 Å². The van der Waals surface area contributed by atoms with Crippen molar-refractivity contribution in [3.63, 3.8) is 0 Å². The quantitative estimate of drug-likeness (QED) is 0.756. The van der Waals surface area contributed by atoms with Crippen molar-refractivity contribution in [1.29, 1.82) is 0 Å². The maximum atomic E-state index is 11.9. The molecule has 1 amide bonds. The molecule has 1 unspecified atom stereocenters. The first-order valence-corrected chi connectivity index (χ1v) is 6.69. The Balaban J connectivity index is 1.66. The van der Waals surface area contributed by atoms with E-state index in [2.05, 4.69) is 32.2 Å². The number of amides is 1. The van der Waals surface area contributed by atoms with E-state index in [4.69, 9.17) is 0 Å². The SMILES string of the molecule is CC(C(=O)NCCN1CCN(C)CC1)n1cncn1. The van der Waals surface area contributed by atoms with Gasteiger partial charge in [-0.3, -0.25) is 9.69 Å². The fourth-order valence-corrected chi connectivity index (χ4v) is 2.09. The monoisotopic (exact) mass is 266 g/mol. The minimum atomic E-state index is -0.310. The topological polar surface area (TPSA) is 66.3 Å². The molecule has 0 radical (unpaired) electrons. The van der Waals surface area contributed by atoms with Crippen LogP contribution in [0, 0.1) is 0 Å². The third kappa shape index (κ3) is 4.00. The summed E-state index contributed by atoms with van der Waals surface area (Å²) in [5, 5.41) is 6.92. The third-order valence-electron chi connectivity index (χ3n) is 3.54. The zero-order chi connectivity index (χ0) is 13.7. The van der Waals surface area contributed by atoms with Gasteiger partial charge in [0.25, 0.3) is 0 Å². The van der Waals surface area contributed by atoms with E-state index in [0.717, 1.165) is 32.7 Å². The van der Waals surface area contributed by atoms with Crippen LogP contribution >= 0.6 is 0 Å². The Hall–Kier alpha value is -1.47. The Labute approximate surface area is 113 Å². The Morgan fingerprint density at radius 3 is 2.74 bits per heavy atom. The number of rotatable bonds is 5. The van der Waals surface area contributed by atoms with Crippen LogP contribution in [0.2, 0.25) is 0 Å². The van der Waals surface area contributed by atoms with Gasteiger partial charge >= 0.3 is 0 Å². The second-order valence-corrected chi connectivity index (χ2v) is 4.99. The number of hydrogen-bond donors (Lipinski definition) is 1. The molecule has 1 aliphatic heterocycles. The van der Waals surface area contributed by atoms with Crippen molar-refractivity contribution in [2.24, 2.45) is 0 Å². The summed E-state index contributed by atoms with van der Waals surface area (Å²) >= 11 is 0. The highest BCUT2D eigenvalue weighted by molar-refractivity contribution is 5.79. The second kappa shape index (κ2) is 6.63. The second-order valence-electron chi connectivity index (χ2n) is 4.99. The van der Waals surface area contributed by atoms with E-state index in [0.29, 0.717) is 6.54 Å². The van der Waals surface area contributed by atoms with Gasteiger partial charge in [-0.1, -0.05) is 0 Å². The number of nitrogens with one attached hydrogen (secondary N) is 1. The van der Waals surface area contributed by atoms with E-state index < -0.39 is 0 Å². The zero-order valence-corrected chi connectivity index (χ0v) is 11.6. The number of aromatic nitrogens is 3. The van der Waals surface area contributed by atoms with E-state index in [-0.39, 0.29) is 11.9 Å². The molecule has 1 fully saturated rings. The number of carbonyl (C=O) groups excluding carboxylic acids is 1. The van der Waals surface area contributed by atoms with Crippen molar-refractivity contribution in [3.05, 3.63) is 12.7 Å². The van der Waals surface area contributed by atoms with Crippen LogP contribution in [0.4, 0.5) is 0 Å².